The van der Waals surface area contributed by atoms with E-state index in [1.54, 1.807) is 24.3 Å². The number of aromatic nitrogens is 1. The number of carbonyl (C=O) groups is 1. The van der Waals surface area contributed by atoms with Crippen molar-refractivity contribution in [3.63, 3.8) is 0 Å². The smallest absolute Gasteiger partial charge is 0.275 e. The second-order valence-electron chi connectivity index (χ2n) is 4.30. The third kappa shape index (κ3) is 3.82. The van der Waals surface area contributed by atoms with E-state index >= 15 is 0 Å². The lowest BCUT2D eigenvalue weighted by Gasteiger charge is -2.08. The summed E-state index contributed by atoms with van der Waals surface area (Å²) in [5.74, 6) is 4.81. The van der Waals surface area contributed by atoms with Crippen LogP contribution in [0.5, 0.6) is 0 Å². The molecule has 0 bridgehead atoms. The zero-order valence-corrected chi connectivity index (χ0v) is 12.1. The van der Waals surface area contributed by atoms with Crippen molar-refractivity contribution < 1.29 is 9.90 Å². The minimum absolute atomic E-state index is 0.191. The van der Waals surface area contributed by atoms with Crippen molar-refractivity contribution >= 4 is 23.2 Å². The fourth-order valence-electron chi connectivity index (χ4n) is 1.74. The highest BCUT2D eigenvalue weighted by atomic mass is 35.5. The van der Waals surface area contributed by atoms with Crippen LogP contribution in [0.25, 0.3) is 0 Å². The number of hydrogen-bond donors (Lipinski definition) is 2. The predicted octanol–water partition coefficient (Wildman–Crippen LogP) is 2.64. The molecule has 106 valence electrons. The van der Waals surface area contributed by atoms with Gasteiger partial charge in [-0.2, -0.15) is 0 Å². The number of nitrogens with zero attached hydrogens (tertiary/aromatic N) is 1. The van der Waals surface area contributed by atoms with Crippen LogP contribution in [-0.2, 0) is 0 Å². The first-order valence-electron chi connectivity index (χ1n) is 6.24. The highest BCUT2D eigenvalue weighted by molar-refractivity contribution is 6.33. The Morgan fingerprint density at radius 1 is 1.43 bits per heavy atom. The second kappa shape index (κ2) is 6.89. The minimum Gasteiger partial charge on any atom is -0.384 e. The quantitative estimate of drug-likeness (QED) is 0.838. The van der Waals surface area contributed by atoms with Crippen LogP contribution in [0.15, 0.2) is 36.5 Å². The number of benzene rings is 1. The zero-order chi connectivity index (χ0) is 15.2. The van der Waals surface area contributed by atoms with E-state index in [1.165, 1.54) is 6.20 Å². The molecule has 0 aliphatic heterocycles. The van der Waals surface area contributed by atoms with Gasteiger partial charge in [-0.25, -0.2) is 4.98 Å². The first-order chi connectivity index (χ1) is 10.1. The van der Waals surface area contributed by atoms with Crippen molar-refractivity contribution in [1.29, 1.82) is 0 Å². The van der Waals surface area contributed by atoms with E-state index in [0.29, 0.717) is 16.3 Å². The van der Waals surface area contributed by atoms with Gasteiger partial charge in [0.25, 0.3) is 5.91 Å². The lowest BCUT2D eigenvalue weighted by atomic mass is 10.1. The van der Waals surface area contributed by atoms with E-state index in [-0.39, 0.29) is 12.3 Å². The Hall–Kier alpha value is -2.35. The molecular formula is C16H13ClN2O2. The number of aryl methyl sites for hydroxylation is 1. The summed E-state index contributed by atoms with van der Waals surface area (Å²) >= 11 is 6.05. The molecule has 0 atom stereocenters. The maximum absolute atomic E-state index is 12.3. The Morgan fingerprint density at radius 3 is 3.00 bits per heavy atom. The molecule has 0 spiro atoms. The number of aliphatic hydroxyl groups is 1. The van der Waals surface area contributed by atoms with Gasteiger partial charge < -0.3 is 10.4 Å². The predicted molar refractivity (Wildman–Crippen MR) is 82.3 cm³/mol. The average Bonchev–Trinajstić information content (AvgIpc) is 2.49. The molecule has 21 heavy (non-hydrogen) atoms. The first-order valence-corrected chi connectivity index (χ1v) is 6.62. The molecule has 1 heterocycles. The average molecular weight is 301 g/mol. The summed E-state index contributed by atoms with van der Waals surface area (Å²) in [4.78, 5) is 16.3. The SMILES string of the molecule is Cc1ccc(Cl)c(NC(=O)c2ncccc2C#CCO)c1. The third-order valence-electron chi connectivity index (χ3n) is 2.69. The van der Waals surface area contributed by atoms with Gasteiger partial charge in [-0.15, -0.1) is 0 Å². The van der Waals surface area contributed by atoms with E-state index < -0.39 is 5.91 Å². The molecule has 2 aromatic rings. The zero-order valence-electron chi connectivity index (χ0n) is 11.4. The molecule has 0 saturated heterocycles. The number of aliphatic hydroxyl groups excluding tert-OH is 1. The molecule has 1 aromatic heterocycles. The van der Waals surface area contributed by atoms with Gasteiger partial charge in [0.15, 0.2) is 0 Å². The largest absolute Gasteiger partial charge is 0.384 e. The monoisotopic (exact) mass is 300 g/mol. The van der Waals surface area contributed by atoms with E-state index in [4.69, 9.17) is 16.7 Å². The first kappa shape index (κ1) is 15.0. The Balaban J connectivity index is 2.31. The number of pyridine rings is 1. The van der Waals surface area contributed by atoms with Crippen LogP contribution >= 0.6 is 11.6 Å². The normalized spacial score (nSPS) is 9.67. The molecule has 1 aromatic carbocycles. The van der Waals surface area contributed by atoms with Crippen molar-refractivity contribution in [3.8, 4) is 11.8 Å². The number of hydrogen-bond acceptors (Lipinski definition) is 3. The molecule has 0 fully saturated rings. The van der Waals surface area contributed by atoms with Gasteiger partial charge in [-0.1, -0.05) is 29.5 Å². The highest BCUT2D eigenvalue weighted by Crippen LogP contribution is 2.23. The van der Waals surface area contributed by atoms with E-state index in [1.807, 2.05) is 13.0 Å². The number of carbonyl (C=O) groups excluding carboxylic acids is 1. The van der Waals surface area contributed by atoms with Gasteiger partial charge in [-0.05, 0) is 36.8 Å². The standard InChI is InChI=1S/C16H13ClN2O2/c1-11-6-7-13(17)14(10-11)19-16(21)15-12(5-3-9-20)4-2-8-18-15/h2,4,6-8,10,20H,9H2,1H3,(H,19,21). The Labute approximate surface area is 127 Å². The Bertz CT molecular complexity index is 733. The van der Waals surface area contributed by atoms with Crippen LogP contribution in [-0.4, -0.2) is 22.6 Å². The summed E-state index contributed by atoms with van der Waals surface area (Å²) < 4.78 is 0. The lowest BCUT2D eigenvalue weighted by molar-refractivity contribution is 0.102. The number of halogens is 1. The topological polar surface area (TPSA) is 62.2 Å². The molecule has 5 heteroatoms. The van der Waals surface area contributed by atoms with Crippen molar-refractivity contribution in [2.24, 2.45) is 0 Å². The second-order valence-corrected chi connectivity index (χ2v) is 4.70. The fourth-order valence-corrected chi connectivity index (χ4v) is 1.90. The summed E-state index contributed by atoms with van der Waals surface area (Å²) in [7, 11) is 0. The summed E-state index contributed by atoms with van der Waals surface area (Å²) in [6.07, 6.45) is 1.51. The van der Waals surface area contributed by atoms with Crippen LogP contribution in [0, 0.1) is 18.8 Å². The highest BCUT2D eigenvalue weighted by Gasteiger charge is 2.13. The van der Waals surface area contributed by atoms with Crippen molar-refractivity contribution in [3.05, 3.63) is 58.4 Å². The van der Waals surface area contributed by atoms with Crippen LogP contribution in [0.3, 0.4) is 0 Å². The van der Waals surface area contributed by atoms with Gasteiger partial charge in [0.1, 0.15) is 12.3 Å². The molecule has 0 aliphatic rings. The molecule has 4 nitrogen and oxygen atoms in total. The molecule has 2 rings (SSSR count). The van der Waals surface area contributed by atoms with Gasteiger partial charge in [0, 0.05) is 6.20 Å². The number of amides is 1. The summed E-state index contributed by atoms with van der Waals surface area (Å²) in [5.41, 5.74) is 2.15. The van der Waals surface area contributed by atoms with Crippen LogP contribution in [0.4, 0.5) is 5.69 Å². The van der Waals surface area contributed by atoms with Gasteiger partial charge >= 0.3 is 0 Å². The number of rotatable bonds is 2. The summed E-state index contributed by atoms with van der Waals surface area (Å²) in [6.45, 7) is 1.63. The molecule has 0 aliphatic carbocycles. The van der Waals surface area contributed by atoms with E-state index in [9.17, 15) is 4.79 Å². The molecule has 0 saturated carbocycles. The minimum atomic E-state index is -0.398. The molecule has 2 N–H and O–H groups in total. The van der Waals surface area contributed by atoms with Crippen molar-refractivity contribution in [2.75, 3.05) is 11.9 Å². The van der Waals surface area contributed by atoms with Crippen molar-refractivity contribution in [1.82, 2.24) is 4.98 Å². The Kier molecular flexibility index (Phi) is 4.94. The maximum Gasteiger partial charge on any atom is 0.275 e. The summed E-state index contributed by atoms with van der Waals surface area (Å²) in [6, 6.07) is 8.71. The molecule has 1 amide bonds. The molecular weight excluding hydrogens is 288 g/mol. The lowest BCUT2D eigenvalue weighted by Crippen LogP contribution is -2.15. The third-order valence-corrected chi connectivity index (χ3v) is 3.02. The van der Waals surface area contributed by atoms with Crippen LogP contribution < -0.4 is 5.32 Å². The van der Waals surface area contributed by atoms with E-state index in [0.717, 1.165) is 5.56 Å². The molecule has 0 unspecified atom stereocenters. The summed E-state index contributed by atoms with van der Waals surface area (Å²) in [5, 5.41) is 11.9. The Morgan fingerprint density at radius 2 is 2.24 bits per heavy atom. The van der Waals surface area contributed by atoms with Gasteiger partial charge in [0.2, 0.25) is 0 Å². The van der Waals surface area contributed by atoms with Crippen LogP contribution in [0.1, 0.15) is 21.6 Å². The number of nitrogens with one attached hydrogen (secondary N) is 1. The number of anilines is 1. The van der Waals surface area contributed by atoms with Gasteiger partial charge in [0.05, 0.1) is 16.3 Å². The van der Waals surface area contributed by atoms with Crippen molar-refractivity contribution in [2.45, 2.75) is 6.92 Å². The molecule has 0 radical (unpaired) electrons. The maximum atomic E-state index is 12.3. The van der Waals surface area contributed by atoms with E-state index in [2.05, 4.69) is 22.1 Å². The fraction of sp³-hybridized carbons (Fsp3) is 0.125. The van der Waals surface area contributed by atoms with Gasteiger partial charge in [-0.3, -0.25) is 4.79 Å². The van der Waals surface area contributed by atoms with Crippen LogP contribution in [0.2, 0.25) is 5.02 Å².